The number of rotatable bonds is 7. The van der Waals surface area contributed by atoms with Gasteiger partial charge >= 0.3 is 5.97 Å². The van der Waals surface area contributed by atoms with Crippen LogP contribution in [0.2, 0.25) is 0 Å². The van der Waals surface area contributed by atoms with Crippen molar-refractivity contribution in [2.24, 2.45) is 0 Å². The van der Waals surface area contributed by atoms with Crippen molar-refractivity contribution < 1.29 is 19.5 Å². The highest BCUT2D eigenvalue weighted by Gasteiger charge is 2.54. The molecule has 1 aromatic carbocycles. The van der Waals surface area contributed by atoms with Crippen molar-refractivity contribution in [3.63, 3.8) is 0 Å². The first-order chi connectivity index (χ1) is 15.0. The Morgan fingerprint density at radius 1 is 1.45 bits per heavy atom. The van der Waals surface area contributed by atoms with Crippen molar-refractivity contribution in [3.8, 4) is 6.07 Å². The van der Waals surface area contributed by atoms with Gasteiger partial charge in [-0.3, -0.25) is 14.5 Å². The molecule has 2 aliphatic heterocycles. The molecule has 0 saturated carbocycles. The van der Waals surface area contributed by atoms with Crippen LogP contribution in [-0.2, 0) is 20.8 Å². The summed E-state index contributed by atoms with van der Waals surface area (Å²) in [6, 6.07) is 8.65. The average Bonchev–Trinajstić information content (AvgIpc) is 3.25. The van der Waals surface area contributed by atoms with Crippen molar-refractivity contribution >= 4 is 41.3 Å². The smallest absolute Gasteiger partial charge is 0.353 e. The topological polar surface area (TPSA) is 139 Å². The van der Waals surface area contributed by atoms with Crippen LogP contribution in [0.5, 0.6) is 0 Å². The summed E-state index contributed by atoms with van der Waals surface area (Å²) in [4.78, 5) is 46.2. The van der Waals surface area contributed by atoms with Crippen LogP contribution in [0, 0.1) is 11.3 Å². The van der Waals surface area contributed by atoms with Gasteiger partial charge in [0.15, 0.2) is 0 Å². The van der Waals surface area contributed by atoms with Gasteiger partial charge in [0.25, 0.3) is 5.91 Å². The number of nitriles is 1. The van der Waals surface area contributed by atoms with E-state index >= 15 is 0 Å². The summed E-state index contributed by atoms with van der Waals surface area (Å²) >= 11 is 2.71. The Morgan fingerprint density at radius 2 is 2.29 bits per heavy atom. The average molecular weight is 456 g/mol. The summed E-state index contributed by atoms with van der Waals surface area (Å²) in [7, 11) is 0. The molecule has 0 radical (unpaired) electrons. The molecule has 1 saturated heterocycles. The molecular weight excluding hydrogens is 438 g/mol. The number of hydrogen-bond donors (Lipinski definition) is 3. The maximum absolute atomic E-state index is 12.6. The monoisotopic (exact) mass is 455 g/mol. The molecule has 2 atom stereocenters. The molecular formula is C20H17N5O4S2. The van der Waals surface area contributed by atoms with Gasteiger partial charge in [-0.25, -0.2) is 9.78 Å². The molecule has 1 fully saturated rings. The van der Waals surface area contributed by atoms with E-state index in [1.807, 2.05) is 24.3 Å². The van der Waals surface area contributed by atoms with E-state index < -0.39 is 29.2 Å². The summed E-state index contributed by atoms with van der Waals surface area (Å²) < 4.78 is 0. The van der Waals surface area contributed by atoms with E-state index in [2.05, 4.69) is 15.3 Å². The summed E-state index contributed by atoms with van der Waals surface area (Å²) in [5.74, 6) is -0.983. The van der Waals surface area contributed by atoms with Crippen LogP contribution in [0.3, 0.4) is 0 Å². The maximum atomic E-state index is 12.6. The van der Waals surface area contributed by atoms with E-state index in [1.165, 1.54) is 28.4 Å². The number of thioether (sulfide) groups is 2. The lowest BCUT2D eigenvalue weighted by molar-refractivity contribution is -0.150. The number of β-lactam (4-membered cyclic amide) rings is 1. The highest BCUT2D eigenvalue weighted by atomic mass is 32.2. The fraction of sp³-hybridized carbons (Fsp3) is 0.250. The minimum Gasteiger partial charge on any atom is -0.477 e. The number of H-pyrrole nitrogens is 1. The summed E-state index contributed by atoms with van der Waals surface area (Å²) in [5, 5.41) is 20.4. The molecule has 0 spiro atoms. The molecule has 3 heterocycles. The quantitative estimate of drug-likeness (QED) is 0.536. The summed E-state index contributed by atoms with van der Waals surface area (Å²) in [6.07, 6.45) is 3.72. The molecule has 1 aromatic heterocycles. The third-order valence-corrected chi connectivity index (χ3v) is 7.29. The number of benzene rings is 1. The van der Waals surface area contributed by atoms with Crippen molar-refractivity contribution in [1.29, 1.82) is 5.26 Å². The van der Waals surface area contributed by atoms with E-state index in [0.717, 1.165) is 16.3 Å². The van der Waals surface area contributed by atoms with E-state index in [1.54, 1.807) is 18.5 Å². The number of aliphatic carboxylic acids is 1. The van der Waals surface area contributed by atoms with Crippen LogP contribution < -0.4 is 5.32 Å². The lowest BCUT2D eigenvalue weighted by Gasteiger charge is -2.49. The van der Waals surface area contributed by atoms with Crippen LogP contribution in [0.1, 0.15) is 17.8 Å². The third-order valence-electron chi connectivity index (χ3n) is 4.76. The number of nitrogens with zero attached hydrogens (tertiary/aromatic N) is 3. The first-order valence-corrected chi connectivity index (χ1v) is 11.2. The number of carbonyl (C=O) groups is 3. The van der Waals surface area contributed by atoms with E-state index in [4.69, 9.17) is 5.26 Å². The maximum Gasteiger partial charge on any atom is 0.353 e. The third kappa shape index (κ3) is 4.30. The number of carbonyl (C=O) groups excluding carboxylic acids is 2. The van der Waals surface area contributed by atoms with Gasteiger partial charge in [-0.2, -0.15) is 5.26 Å². The lowest BCUT2D eigenvalue weighted by Crippen LogP contribution is -2.70. The molecule has 2 aromatic rings. The van der Waals surface area contributed by atoms with E-state index in [9.17, 15) is 19.5 Å². The van der Waals surface area contributed by atoms with Gasteiger partial charge in [-0.1, -0.05) is 23.9 Å². The minimum absolute atomic E-state index is 0.0547. The fourth-order valence-corrected chi connectivity index (χ4v) is 5.97. The van der Waals surface area contributed by atoms with Gasteiger partial charge < -0.3 is 15.4 Å². The number of fused-ring (bicyclic) bond motifs is 1. The van der Waals surface area contributed by atoms with Crippen LogP contribution in [0.15, 0.2) is 52.2 Å². The normalized spacial score (nSPS) is 20.0. The first kappa shape index (κ1) is 21.0. The van der Waals surface area contributed by atoms with Crippen molar-refractivity contribution in [2.75, 3.05) is 5.75 Å². The number of carboxylic acid groups (broad SMARTS) is 1. The largest absolute Gasteiger partial charge is 0.477 e. The minimum atomic E-state index is -1.19. The number of nitrogens with one attached hydrogen (secondary N) is 2. The molecule has 11 heteroatoms. The van der Waals surface area contributed by atoms with Gasteiger partial charge in [0.1, 0.15) is 29.4 Å². The predicted octanol–water partition coefficient (Wildman–Crippen LogP) is 1.70. The zero-order valence-corrected chi connectivity index (χ0v) is 17.7. The first-order valence-electron chi connectivity index (χ1n) is 9.30. The summed E-state index contributed by atoms with van der Waals surface area (Å²) in [5.41, 5.74) is 0.972. The molecule has 4 rings (SSSR count). The molecule has 0 unspecified atom stereocenters. The number of imidazole rings is 1. The van der Waals surface area contributed by atoms with Gasteiger partial charge in [0.2, 0.25) is 5.91 Å². The second-order valence-corrected chi connectivity index (χ2v) is 9.10. The lowest BCUT2D eigenvalue weighted by atomic mass is 10.0. The zero-order chi connectivity index (χ0) is 22.0. The summed E-state index contributed by atoms with van der Waals surface area (Å²) in [6.45, 7) is 0. The Morgan fingerprint density at radius 3 is 3.00 bits per heavy atom. The van der Waals surface area contributed by atoms with Crippen LogP contribution in [0.4, 0.5) is 0 Å². The van der Waals surface area contributed by atoms with Crippen LogP contribution in [-0.4, -0.2) is 54.9 Å². The molecule has 31 heavy (non-hydrogen) atoms. The predicted molar refractivity (Wildman–Crippen MR) is 114 cm³/mol. The molecule has 2 amide bonds. The number of amides is 2. The molecule has 3 N–H and O–H groups in total. The molecule has 2 aliphatic rings. The number of carboxylic acids is 1. The van der Waals surface area contributed by atoms with E-state index in [0.29, 0.717) is 17.1 Å². The van der Waals surface area contributed by atoms with Gasteiger partial charge in [0.05, 0.1) is 6.07 Å². The number of aromatic amines is 1. The van der Waals surface area contributed by atoms with Gasteiger partial charge in [-0.05, 0) is 17.7 Å². The zero-order valence-electron chi connectivity index (χ0n) is 16.1. The molecule has 0 bridgehead atoms. The second kappa shape index (κ2) is 8.87. The number of hydrogen-bond acceptors (Lipinski definition) is 7. The SMILES string of the molecule is N#CCC(=O)N[C@@H]1C(=O)N2C(C(=O)O)=C(Sc3cccc(Cc4ncc[nH]4)c3)CS[C@@H]12. The highest BCUT2D eigenvalue weighted by molar-refractivity contribution is 8.06. The Labute approximate surface area is 185 Å². The van der Waals surface area contributed by atoms with E-state index in [-0.39, 0.29) is 12.1 Å². The van der Waals surface area contributed by atoms with Crippen molar-refractivity contribution in [3.05, 3.63) is 58.6 Å². The Bertz CT molecular complexity index is 1110. The van der Waals surface area contributed by atoms with Crippen molar-refractivity contribution in [2.45, 2.75) is 29.2 Å². The molecule has 9 nitrogen and oxygen atoms in total. The Kier molecular flexibility index (Phi) is 6.01. The van der Waals surface area contributed by atoms with Gasteiger partial charge in [-0.15, -0.1) is 11.8 Å². The molecule has 0 aliphatic carbocycles. The highest BCUT2D eigenvalue weighted by Crippen LogP contribution is 2.45. The van der Waals surface area contributed by atoms with Crippen molar-refractivity contribution in [1.82, 2.24) is 20.2 Å². The fourth-order valence-electron chi connectivity index (χ4n) is 3.41. The Balaban J connectivity index is 1.53. The Hall–Kier alpha value is -3.23. The van der Waals surface area contributed by atoms with Crippen LogP contribution >= 0.6 is 23.5 Å². The second-order valence-electron chi connectivity index (χ2n) is 6.83. The van der Waals surface area contributed by atoms with Gasteiger partial charge in [0, 0.05) is 34.4 Å². The molecule has 158 valence electrons. The van der Waals surface area contributed by atoms with Crippen LogP contribution in [0.25, 0.3) is 0 Å². The number of aromatic nitrogens is 2. The standard InChI is InChI=1S/C20H17N5O4S2/c21-5-4-15(26)24-16-18(27)25-17(20(28)29)13(10-30-19(16)25)31-12-3-1-2-11(8-12)9-14-22-6-7-23-14/h1-3,6-8,16,19H,4,9-10H2,(H,22,23)(H,24,26)(H,28,29)/t16-,19+/m1/s1.